The van der Waals surface area contributed by atoms with Crippen LogP contribution in [0, 0.1) is 0 Å². The molecule has 21 heavy (non-hydrogen) atoms. The van der Waals surface area contributed by atoms with Crippen LogP contribution in [-0.2, 0) is 11.2 Å². The van der Waals surface area contributed by atoms with Gasteiger partial charge in [0.25, 0.3) is 0 Å². The molecule has 1 N–H and O–H groups in total. The number of rotatable bonds is 8. The Kier molecular flexibility index (Phi) is 7.20. The van der Waals surface area contributed by atoms with Crippen LogP contribution in [-0.4, -0.2) is 26.8 Å². The molecule has 1 aromatic carbocycles. The van der Waals surface area contributed by atoms with Crippen LogP contribution in [0.25, 0.3) is 0 Å². The maximum atomic E-state index is 6.37. The summed E-state index contributed by atoms with van der Waals surface area (Å²) >= 11 is 11.7. The van der Waals surface area contributed by atoms with Crippen molar-refractivity contribution in [2.24, 2.45) is 0 Å². The highest BCUT2D eigenvalue weighted by molar-refractivity contribution is 9.11. The van der Waals surface area contributed by atoms with Crippen LogP contribution in [0.5, 0.6) is 0 Å². The smallest absolute Gasteiger partial charge is 0.0701 e. The molecule has 0 bridgehead atoms. The lowest BCUT2D eigenvalue weighted by Gasteiger charge is -2.19. The van der Waals surface area contributed by atoms with E-state index in [1.54, 1.807) is 18.4 Å². The average molecular weight is 389 g/mol. The van der Waals surface area contributed by atoms with Crippen LogP contribution < -0.4 is 5.32 Å². The molecule has 0 aliphatic rings. The largest absolute Gasteiger partial charge is 0.383 e. The molecule has 0 fully saturated rings. The Morgan fingerprint density at radius 2 is 2.10 bits per heavy atom. The van der Waals surface area contributed by atoms with Gasteiger partial charge in [-0.15, -0.1) is 11.3 Å². The van der Waals surface area contributed by atoms with Crippen LogP contribution in [0.15, 0.2) is 40.2 Å². The minimum absolute atomic E-state index is 0.362. The van der Waals surface area contributed by atoms with Crippen molar-refractivity contribution in [1.82, 2.24) is 5.32 Å². The SMILES string of the molecule is COCCNCC(Cc1ccc(Br)s1)c1ccccc1Cl. The molecule has 5 heteroatoms. The monoisotopic (exact) mass is 387 g/mol. The molecule has 0 spiro atoms. The van der Waals surface area contributed by atoms with Gasteiger partial charge in [-0.2, -0.15) is 0 Å². The van der Waals surface area contributed by atoms with E-state index in [-0.39, 0.29) is 0 Å². The van der Waals surface area contributed by atoms with Gasteiger partial charge in [-0.05, 0) is 46.1 Å². The quantitative estimate of drug-likeness (QED) is 0.660. The van der Waals surface area contributed by atoms with E-state index >= 15 is 0 Å². The number of methoxy groups -OCH3 is 1. The van der Waals surface area contributed by atoms with Crippen LogP contribution in [0.1, 0.15) is 16.4 Å². The Bertz CT molecular complexity index is 561. The van der Waals surface area contributed by atoms with Gasteiger partial charge in [-0.1, -0.05) is 29.8 Å². The van der Waals surface area contributed by atoms with Gasteiger partial charge in [-0.25, -0.2) is 0 Å². The van der Waals surface area contributed by atoms with Crippen molar-refractivity contribution in [2.45, 2.75) is 12.3 Å². The molecule has 0 amide bonds. The summed E-state index contributed by atoms with van der Waals surface area (Å²) in [4.78, 5) is 1.36. The second-order valence-electron chi connectivity index (χ2n) is 4.83. The zero-order valence-corrected chi connectivity index (χ0v) is 15.1. The number of halogens is 2. The summed E-state index contributed by atoms with van der Waals surface area (Å²) in [6, 6.07) is 12.4. The molecule has 1 atom stereocenters. The zero-order chi connectivity index (χ0) is 15.1. The number of nitrogens with one attached hydrogen (secondary N) is 1. The first-order valence-corrected chi connectivity index (χ1v) is 8.87. The van der Waals surface area contributed by atoms with Crippen molar-refractivity contribution >= 4 is 38.9 Å². The summed E-state index contributed by atoms with van der Waals surface area (Å²) in [5.41, 5.74) is 1.20. The van der Waals surface area contributed by atoms with Crippen molar-refractivity contribution in [1.29, 1.82) is 0 Å². The fourth-order valence-electron chi connectivity index (χ4n) is 2.25. The summed E-state index contributed by atoms with van der Waals surface area (Å²) in [6.07, 6.45) is 0.986. The minimum Gasteiger partial charge on any atom is -0.383 e. The highest BCUT2D eigenvalue weighted by Gasteiger charge is 2.16. The molecular formula is C16H19BrClNOS. The van der Waals surface area contributed by atoms with E-state index in [4.69, 9.17) is 16.3 Å². The molecule has 2 rings (SSSR count). The summed E-state index contributed by atoms with van der Waals surface area (Å²) in [5, 5.41) is 4.29. The normalized spacial score (nSPS) is 12.5. The fourth-order valence-corrected chi connectivity index (χ4v) is 4.11. The zero-order valence-electron chi connectivity index (χ0n) is 11.9. The van der Waals surface area contributed by atoms with Crippen molar-refractivity contribution in [3.8, 4) is 0 Å². The van der Waals surface area contributed by atoms with Gasteiger partial charge >= 0.3 is 0 Å². The number of hydrogen-bond acceptors (Lipinski definition) is 3. The standard InChI is InChI=1S/C16H19BrClNOS/c1-20-9-8-19-11-12(10-13-6-7-16(17)21-13)14-4-2-3-5-15(14)18/h2-7,12,19H,8-11H2,1H3. The minimum atomic E-state index is 0.362. The number of thiophene rings is 1. The van der Waals surface area contributed by atoms with Crippen molar-refractivity contribution in [3.05, 3.63) is 55.6 Å². The van der Waals surface area contributed by atoms with Gasteiger partial charge in [0, 0.05) is 36.0 Å². The third-order valence-corrected chi connectivity index (χ3v) is 5.29. The predicted octanol–water partition coefficient (Wildman–Crippen LogP) is 4.73. The first kappa shape index (κ1) is 17.0. The van der Waals surface area contributed by atoms with Crippen LogP contribution in [0.2, 0.25) is 5.02 Å². The predicted molar refractivity (Wildman–Crippen MR) is 94.7 cm³/mol. The second kappa shape index (κ2) is 8.91. The molecular weight excluding hydrogens is 370 g/mol. The molecule has 0 aliphatic heterocycles. The van der Waals surface area contributed by atoms with Gasteiger partial charge in [0.2, 0.25) is 0 Å². The molecule has 0 aliphatic carbocycles. The number of hydrogen-bond donors (Lipinski definition) is 1. The molecule has 1 unspecified atom stereocenters. The second-order valence-corrected chi connectivity index (χ2v) is 7.78. The molecule has 114 valence electrons. The van der Waals surface area contributed by atoms with E-state index in [1.165, 1.54) is 14.2 Å². The van der Waals surface area contributed by atoms with E-state index in [2.05, 4.69) is 39.4 Å². The Balaban J connectivity index is 2.08. The summed E-state index contributed by atoms with van der Waals surface area (Å²) < 4.78 is 6.25. The molecule has 0 saturated heterocycles. The molecule has 2 aromatic rings. The first-order chi connectivity index (χ1) is 10.2. The van der Waals surface area contributed by atoms with E-state index in [0.717, 1.165) is 31.1 Å². The Morgan fingerprint density at radius 3 is 2.76 bits per heavy atom. The molecule has 1 aromatic heterocycles. The van der Waals surface area contributed by atoms with Crippen LogP contribution >= 0.6 is 38.9 Å². The van der Waals surface area contributed by atoms with Gasteiger partial charge < -0.3 is 10.1 Å². The van der Waals surface area contributed by atoms with Gasteiger partial charge in [0.1, 0.15) is 0 Å². The summed E-state index contributed by atoms with van der Waals surface area (Å²) in [6.45, 7) is 2.47. The van der Waals surface area contributed by atoms with Crippen LogP contribution in [0.3, 0.4) is 0 Å². The van der Waals surface area contributed by atoms with Crippen molar-refractivity contribution < 1.29 is 4.74 Å². The maximum Gasteiger partial charge on any atom is 0.0701 e. The summed E-state index contributed by atoms with van der Waals surface area (Å²) in [5.74, 6) is 0.362. The van der Waals surface area contributed by atoms with Gasteiger partial charge in [-0.3, -0.25) is 0 Å². The lowest BCUT2D eigenvalue weighted by atomic mass is 9.95. The average Bonchev–Trinajstić information content (AvgIpc) is 2.88. The Hall–Kier alpha value is -0.390. The maximum absolute atomic E-state index is 6.37. The van der Waals surface area contributed by atoms with Gasteiger partial charge in [0.15, 0.2) is 0 Å². The highest BCUT2D eigenvalue weighted by atomic mass is 79.9. The topological polar surface area (TPSA) is 21.3 Å². The third kappa shape index (κ3) is 5.38. The highest BCUT2D eigenvalue weighted by Crippen LogP contribution is 2.31. The number of benzene rings is 1. The van der Waals surface area contributed by atoms with E-state index < -0.39 is 0 Å². The Labute approximate surface area is 143 Å². The van der Waals surface area contributed by atoms with E-state index in [0.29, 0.717) is 5.92 Å². The molecule has 0 saturated carbocycles. The van der Waals surface area contributed by atoms with E-state index in [1.807, 2.05) is 18.2 Å². The first-order valence-electron chi connectivity index (χ1n) is 6.89. The lowest BCUT2D eigenvalue weighted by molar-refractivity contribution is 0.199. The van der Waals surface area contributed by atoms with Crippen molar-refractivity contribution in [3.63, 3.8) is 0 Å². The summed E-state index contributed by atoms with van der Waals surface area (Å²) in [7, 11) is 1.72. The molecule has 1 heterocycles. The molecule has 2 nitrogen and oxygen atoms in total. The number of ether oxygens (including phenoxy) is 1. The van der Waals surface area contributed by atoms with E-state index in [9.17, 15) is 0 Å². The lowest BCUT2D eigenvalue weighted by Crippen LogP contribution is -2.26. The van der Waals surface area contributed by atoms with Gasteiger partial charge in [0.05, 0.1) is 10.4 Å². The van der Waals surface area contributed by atoms with Crippen LogP contribution in [0.4, 0.5) is 0 Å². The van der Waals surface area contributed by atoms with Crippen molar-refractivity contribution in [2.75, 3.05) is 26.8 Å². The third-order valence-electron chi connectivity index (χ3n) is 3.30. The Morgan fingerprint density at radius 1 is 1.29 bits per heavy atom. The fraction of sp³-hybridized carbons (Fsp3) is 0.375. The molecule has 0 radical (unpaired) electrons.